The minimum absolute atomic E-state index is 0.0268. The lowest BCUT2D eigenvalue weighted by molar-refractivity contribution is 0.0709. The van der Waals surface area contributed by atoms with Gasteiger partial charge in [-0.15, -0.1) is 0 Å². The Labute approximate surface area is 209 Å². The third-order valence-electron chi connectivity index (χ3n) is 6.53. The maximum absolute atomic E-state index is 13.9. The molecule has 8 nitrogen and oxygen atoms in total. The van der Waals surface area contributed by atoms with Gasteiger partial charge in [-0.1, -0.05) is 41.9 Å². The zero-order chi connectivity index (χ0) is 24.4. The van der Waals surface area contributed by atoms with Gasteiger partial charge in [0.2, 0.25) is 0 Å². The maximum atomic E-state index is 13.9. The molecule has 0 bridgehead atoms. The largest absolute Gasteiger partial charge is 0.373 e. The first-order chi connectivity index (χ1) is 17.0. The van der Waals surface area contributed by atoms with Crippen molar-refractivity contribution >= 4 is 23.2 Å². The Morgan fingerprint density at radius 1 is 1.26 bits per heavy atom. The Morgan fingerprint density at radius 3 is 2.89 bits per heavy atom. The first-order valence-corrected chi connectivity index (χ1v) is 12.3. The highest BCUT2D eigenvalue weighted by molar-refractivity contribution is 6.29. The van der Waals surface area contributed by atoms with Crippen LogP contribution in [0, 0.1) is 0 Å². The third-order valence-corrected chi connectivity index (χ3v) is 6.63. The molecule has 0 aliphatic carbocycles. The molecule has 2 aliphatic heterocycles. The molecule has 1 atom stereocenters. The van der Waals surface area contributed by atoms with Crippen LogP contribution in [0.1, 0.15) is 48.4 Å². The molecule has 182 valence electrons. The molecule has 1 saturated heterocycles. The van der Waals surface area contributed by atoms with Crippen molar-refractivity contribution in [1.29, 1.82) is 0 Å². The van der Waals surface area contributed by atoms with Crippen LogP contribution in [0.5, 0.6) is 0 Å². The highest BCUT2D eigenvalue weighted by Crippen LogP contribution is 2.32. The number of aromatic nitrogens is 4. The predicted molar refractivity (Wildman–Crippen MR) is 135 cm³/mol. The zero-order valence-corrected chi connectivity index (χ0v) is 20.8. The first-order valence-electron chi connectivity index (χ1n) is 11.9. The van der Waals surface area contributed by atoms with Gasteiger partial charge in [-0.05, 0) is 32.3 Å². The molecule has 5 rings (SSSR count). The van der Waals surface area contributed by atoms with Crippen LogP contribution in [0.2, 0.25) is 0 Å². The molecule has 0 spiro atoms. The van der Waals surface area contributed by atoms with Crippen molar-refractivity contribution in [2.24, 2.45) is 4.99 Å². The Balaban J connectivity index is 1.40. The van der Waals surface area contributed by atoms with Gasteiger partial charge in [0.25, 0.3) is 5.91 Å². The van der Waals surface area contributed by atoms with Crippen molar-refractivity contribution in [3.8, 4) is 11.1 Å². The highest BCUT2D eigenvalue weighted by Gasteiger charge is 2.34. The number of carbonyl (C=O) groups is 1. The molecule has 1 aromatic carbocycles. The number of halogens is 1. The number of hydrogen-bond acceptors (Lipinski definition) is 5. The molecule has 0 radical (unpaired) electrons. The second-order valence-corrected chi connectivity index (χ2v) is 9.58. The van der Waals surface area contributed by atoms with Gasteiger partial charge in [-0.3, -0.25) is 19.2 Å². The summed E-state index contributed by atoms with van der Waals surface area (Å²) in [5.41, 5.74) is 5.13. The molecular weight excluding hydrogens is 464 g/mol. The summed E-state index contributed by atoms with van der Waals surface area (Å²) < 4.78 is 9.54. The number of amides is 1. The molecule has 4 heterocycles. The summed E-state index contributed by atoms with van der Waals surface area (Å²) in [6, 6.07) is 10.1. The van der Waals surface area contributed by atoms with Crippen LogP contribution in [0.25, 0.3) is 11.1 Å². The van der Waals surface area contributed by atoms with Gasteiger partial charge in [0.05, 0.1) is 44.2 Å². The molecule has 0 saturated carbocycles. The van der Waals surface area contributed by atoms with Gasteiger partial charge < -0.3 is 9.64 Å². The second-order valence-electron chi connectivity index (χ2n) is 8.99. The fourth-order valence-corrected chi connectivity index (χ4v) is 4.81. The van der Waals surface area contributed by atoms with Crippen molar-refractivity contribution < 1.29 is 9.53 Å². The fourth-order valence-electron chi connectivity index (χ4n) is 4.76. The van der Waals surface area contributed by atoms with E-state index in [4.69, 9.17) is 21.4 Å². The molecule has 0 N–H and O–H groups in total. The normalized spacial score (nSPS) is 18.7. The van der Waals surface area contributed by atoms with Crippen molar-refractivity contribution in [3.05, 3.63) is 70.9 Å². The number of hydrogen-bond donors (Lipinski definition) is 0. The van der Waals surface area contributed by atoms with E-state index in [0.717, 1.165) is 40.9 Å². The number of likely N-dealkylation sites (tertiary alicyclic amines) is 1. The SMILES string of the molecule is CC(=N/C=C(\C)Cl)c1cnn(C[C@@H]2CCCN2C(=O)c2nn3c(c2-c2ccccc2)COCC3)c1. The van der Waals surface area contributed by atoms with Gasteiger partial charge in [-0.2, -0.15) is 10.2 Å². The van der Waals surface area contributed by atoms with Crippen LogP contribution in [-0.4, -0.2) is 55.3 Å². The summed E-state index contributed by atoms with van der Waals surface area (Å²) in [4.78, 5) is 20.2. The van der Waals surface area contributed by atoms with E-state index in [2.05, 4.69) is 10.1 Å². The van der Waals surface area contributed by atoms with E-state index in [1.807, 2.05) is 57.7 Å². The number of benzene rings is 1. The number of nitrogens with zero attached hydrogens (tertiary/aromatic N) is 6. The minimum atomic E-state index is -0.0268. The van der Waals surface area contributed by atoms with Crippen LogP contribution in [0.3, 0.4) is 0 Å². The molecule has 35 heavy (non-hydrogen) atoms. The van der Waals surface area contributed by atoms with E-state index in [1.165, 1.54) is 0 Å². The average molecular weight is 493 g/mol. The third kappa shape index (κ3) is 4.94. The quantitative estimate of drug-likeness (QED) is 0.475. The summed E-state index contributed by atoms with van der Waals surface area (Å²) in [6.07, 6.45) is 7.29. The average Bonchev–Trinajstić information content (AvgIpc) is 3.61. The van der Waals surface area contributed by atoms with Crippen LogP contribution in [-0.2, 0) is 24.4 Å². The summed E-state index contributed by atoms with van der Waals surface area (Å²) >= 11 is 5.89. The summed E-state index contributed by atoms with van der Waals surface area (Å²) in [6.45, 7) is 6.78. The Kier molecular flexibility index (Phi) is 6.83. The molecule has 9 heteroatoms. The first kappa shape index (κ1) is 23.5. The maximum Gasteiger partial charge on any atom is 0.275 e. The minimum Gasteiger partial charge on any atom is -0.373 e. The van der Waals surface area contributed by atoms with Crippen LogP contribution < -0.4 is 0 Å². The summed E-state index contributed by atoms with van der Waals surface area (Å²) in [5, 5.41) is 9.91. The lowest BCUT2D eigenvalue weighted by atomic mass is 10.0. The van der Waals surface area contributed by atoms with Gasteiger partial charge in [0, 0.05) is 40.8 Å². The van der Waals surface area contributed by atoms with E-state index in [1.54, 1.807) is 19.3 Å². The van der Waals surface area contributed by atoms with Crippen molar-refractivity contribution in [2.45, 2.75) is 52.4 Å². The predicted octanol–water partition coefficient (Wildman–Crippen LogP) is 4.49. The second kappa shape index (κ2) is 10.2. The summed E-state index contributed by atoms with van der Waals surface area (Å²) in [5.74, 6) is -0.0268. The number of fused-ring (bicyclic) bond motifs is 1. The van der Waals surface area contributed by atoms with Gasteiger partial charge in [0.1, 0.15) is 0 Å². The van der Waals surface area contributed by atoms with Crippen LogP contribution >= 0.6 is 11.6 Å². The number of aliphatic imine (C=N–C) groups is 1. The molecule has 3 aromatic rings. The molecule has 1 amide bonds. The topological polar surface area (TPSA) is 77.5 Å². The van der Waals surface area contributed by atoms with Crippen molar-refractivity contribution in [1.82, 2.24) is 24.5 Å². The smallest absolute Gasteiger partial charge is 0.275 e. The monoisotopic (exact) mass is 492 g/mol. The molecule has 2 aromatic heterocycles. The van der Waals surface area contributed by atoms with E-state index in [9.17, 15) is 4.79 Å². The molecule has 2 aliphatic rings. The molecule has 0 unspecified atom stereocenters. The molecular formula is C26H29ClN6O2. The van der Waals surface area contributed by atoms with Crippen molar-refractivity contribution in [3.63, 3.8) is 0 Å². The standard InChI is InChI=1S/C26H29ClN6O2/c1-18(27)13-28-19(2)21-14-29-31(15-21)16-22-9-6-10-32(22)26(34)25-24(20-7-4-3-5-8-20)23-17-35-12-11-33(23)30-25/h3-5,7-8,13-15,22H,6,9-12,16-17H2,1-2H3/b18-13+,28-19?/t22-/m0/s1. The van der Waals surface area contributed by atoms with Crippen LogP contribution in [0.4, 0.5) is 0 Å². The number of carbonyl (C=O) groups excluding carboxylic acids is 1. The van der Waals surface area contributed by atoms with E-state index < -0.39 is 0 Å². The zero-order valence-electron chi connectivity index (χ0n) is 20.0. The van der Waals surface area contributed by atoms with E-state index in [0.29, 0.717) is 43.6 Å². The van der Waals surface area contributed by atoms with Gasteiger partial charge in [-0.25, -0.2) is 0 Å². The number of ether oxygens (including phenoxy) is 1. The van der Waals surface area contributed by atoms with Crippen molar-refractivity contribution in [2.75, 3.05) is 13.2 Å². The van der Waals surface area contributed by atoms with Crippen LogP contribution in [0.15, 0.2) is 59.0 Å². The summed E-state index contributed by atoms with van der Waals surface area (Å²) in [7, 11) is 0. The fraction of sp³-hybridized carbons (Fsp3) is 0.385. The lowest BCUT2D eigenvalue weighted by Gasteiger charge is -2.24. The Hall–Kier alpha value is -3.23. The Morgan fingerprint density at radius 2 is 2.09 bits per heavy atom. The highest BCUT2D eigenvalue weighted by atomic mass is 35.5. The molecule has 1 fully saturated rings. The number of rotatable bonds is 6. The number of allylic oxidation sites excluding steroid dienone is 1. The Bertz CT molecular complexity index is 1270. The lowest BCUT2D eigenvalue weighted by Crippen LogP contribution is -2.38. The van der Waals surface area contributed by atoms with Gasteiger partial charge >= 0.3 is 0 Å². The van der Waals surface area contributed by atoms with E-state index in [-0.39, 0.29) is 11.9 Å². The van der Waals surface area contributed by atoms with E-state index >= 15 is 0 Å². The van der Waals surface area contributed by atoms with Gasteiger partial charge in [0.15, 0.2) is 5.69 Å².